The predicted octanol–water partition coefficient (Wildman–Crippen LogP) is 13.2. The topological polar surface area (TPSA) is 0 Å². The van der Waals surface area contributed by atoms with Crippen LogP contribution in [0.3, 0.4) is 0 Å². The van der Waals surface area contributed by atoms with Gasteiger partial charge in [0.1, 0.15) is 6.15 Å². The Labute approximate surface area is 420 Å². The number of halogens is 25. The van der Waals surface area contributed by atoms with Gasteiger partial charge in [0.2, 0.25) is 5.77 Å². The molecule has 2 aromatic heterocycles. The van der Waals surface area contributed by atoms with Gasteiger partial charge in [0.15, 0.2) is 0 Å². The van der Waals surface area contributed by atoms with Crippen molar-refractivity contribution in [1.29, 1.82) is 0 Å². The summed E-state index contributed by atoms with van der Waals surface area (Å²) in [5.74, 6) is 0. The monoisotopic (exact) mass is 1240 g/mol. The number of thiophene rings is 2. The molecular formula is C46H26BF24IS2. The van der Waals surface area contributed by atoms with Gasteiger partial charge in [0.05, 0.1) is 44.5 Å². The zero-order valence-corrected chi connectivity index (χ0v) is 40.3. The second-order valence-corrected chi connectivity index (χ2v) is 22.6. The molecule has 0 unspecified atom stereocenters. The molecule has 0 aliphatic heterocycles. The number of alkyl halides is 24. The molecule has 0 bridgehead atoms. The molecule has 74 heavy (non-hydrogen) atoms. The number of benzene rings is 4. The smallest absolute Gasteiger partial charge is 0.194 e. The molecule has 400 valence electrons. The molecule has 0 nitrogen and oxygen atoms in total. The fourth-order valence-corrected chi connectivity index (χ4v) is 13.5. The average Bonchev–Trinajstić information content (AvgIpc) is 3.92. The SMILES string of the molecule is C=C(C)c1ccc([I+]c2ccc(C(=C)C)s2)s1.FC(F)(F)c1cc([B-](c2cc(C(F)(F)F)cc(C(F)(F)F)c2)(c2cc(C(F)(F)F)cc(C(F)(F)F)c2)c2cc(C(F)(F)F)cc(C(F)(F)F)c2)cc(C(F)(F)F)c1. The van der Waals surface area contributed by atoms with Crippen molar-refractivity contribution in [3.63, 3.8) is 0 Å². The Balaban J connectivity index is 0.000000500. The van der Waals surface area contributed by atoms with Crippen LogP contribution < -0.4 is 43.1 Å². The van der Waals surface area contributed by atoms with Crippen molar-refractivity contribution in [1.82, 2.24) is 0 Å². The number of rotatable bonds is 8. The lowest BCUT2D eigenvalue weighted by molar-refractivity contribution is -0.585. The Hall–Kier alpha value is -5.13. The highest BCUT2D eigenvalue weighted by Crippen LogP contribution is 2.41. The molecule has 28 heteroatoms. The fraction of sp³-hybridized carbons (Fsp3) is 0.217. The molecule has 0 amide bonds. The Morgan fingerprint density at radius 2 is 0.500 bits per heavy atom. The number of allylic oxidation sites excluding steroid dienone is 2. The first-order chi connectivity index (χ1) is 33.3. The summed E-state index contributed by atoms with van der Waals surface area (Å²) in [5, 5.41) is 0. The molecule has 0 spiro atoms. The molecular weight excluding hydrogens is 1210 g/mol. The summed E-state index contributed by atoms with van der Waals surface area (Å²) < 4.78 is 344. The van der Waals surface area contributed by atoms with E-state index < -0.39 is 195 Å². The van der Waals surface area contributed by atoms with Gasteiger partial charge in [-0.15, -0.1) is 0 Å². The molecule has 0 radical (unpaired) electrons. The highest BCUT2D eigenvalue weighted by atomic mass is 127. The van der Waals surface area contributed by atoms with Gasteiger partial charge in [-0.25, -0.2) is 0 Å². The van der Waals surface area contributed by atoms with Crippen molar-refractivity contribution in [3.05, 3.63) is 170 Å². The maximum Gasteiger partial charge on any atom is 0.416 e. The Morgan fingerprint density at radius 1 is 0.324 bits per heavy atom. The first-order valence-corrected chi connectivity index (χ1v) is 23.6. The van der Waals surface area contributed by atoms with E-state index >= 15 is 0 Å². The molecule has 0 fully saturated rings. The normalized spacial score (nSPS) is 13.4. The van der Waals surface area contributed by atoms with Gasteiger partial charge in [0.25, 0.3) is 0 Å². The van der Waals surface area contributed by atoms with E-state index in [0.717, 1.165) is 0 Å². The lowest BCUT2D eigenvalue weighted by atomic mass is 9.12. The van der Waals surface area contributed by atoms with Gasteiger partial charge in [0, 0.05) is 21.9 Å². The second-order valence-electron chi connectivity index (χ2n) is 16.1. The van der Waals surface area contributed by atoms with Gasteiger partial charge in [-0.1, -0.05) is 84.4 Å². The molecule has 0 atom stereocenters. The molecule has 0 aliphatic carbocycles. The van der Waals surface area contributed by atoms with Crippen LogP contribution in [0.25, 0.3) is 11.1 Å². The third-order valence-corrected chi connectivity index (χ3v) is 16.8. The van der Waals surface area contributed by atoms with E-state index in [4.69, 9.17) is 0 Å². The highest BCUT2D eigenvalue weighted by molar-refractivity contribution is 7.20. The van der Waals surface area contributed by atoms with E-state index in [2.05, 4.69) is 51.3 Å². The van der Waals surface area contributed by atoms with Crippen molar-refractivity contribution < 1.29 is 127 Å². The summed E-state index contributed by atoms with van der Waals surface area (Å²) >= 11 is 3.75. The summed E-state index contributed by atoms with van der Waals surface area (Å²) in [4.78, 5) is 2.63. The summed E-state index contributed by atoms with van der Waals surface area (Å²) in [6.07, 6.45) is -54.8. The molecule has 2 heterocycles. The van der Waals surface area contributed by atoms with Crippen LogP contribution in [0, 0.1) is 5.77 Å². The lowest BCUT2D eigenvalue weighted by Gasteiger charge is -2.46. The largest absolute Gasteiger partial charge is 0.416 e. The van der Waals surface area contributed by atoms with Gasteiger partial charge < -0.3 is 0 Å². The Morgan fingerprint density at radius 3 is 0.635 bits per heavy atom. The minimum Gasteiger partial charge on any atom is -0.194 e. The summed E-state index contributed by atoms with van der Waals surface area (Å²) in [6.45, 7) is 12.1. The van der Waals surface area contributed by atoms with Gasteiger partial charge in [-0.05, 0) is 61.4 Å². The quantitative estimate of drug-likeness (QED) is 0.0809. The van der Waals surface area contributed by atoms with Crippen molar-refractivity contribution in [2.75, 3.05) is 0 Å². The van der Waals surface area contributed by atoms with Crippen LogP contribution in [0.5, 0.6) is 0 Å². The van der Waals surface area contributed by atoms with E-state index in [1.165, 1.54) is 26.7 Å². The Bertz CT molecular complexity index is 2560. The van der Waals surface area contributed by atoms with Crippen molar-refractivity contribution in [2.45, 2.75) is 63.3 Å². The van der Waals surface area contributed by atoms with E-state index in [1.54, 1.807) is 0 Å². The number of hydrogen-bond donors (Lipinski definition) is 0. The third kappa shape index (κ3) is 13.8. The van der Waals surface area contributed by atoms with Crippen LogP contribution >= 0.6 is 22.7 Å². The van der Waals surface area contributed by atoms with E-state index in [-0.39, 0.29) is 21.2 Å². The van der Waals surface area contributed by atoms with Crippen LogP contribution in [0.1, 0.15) is 68.1 Å². The van der Waals surface area contributed by atoms with E-state index in [0.29, 0.717) is 0 Å². The van der Waals surface area contributed by atoms with Gasteiger partial charge >= 0.3 is 70.6 Å². The minimum atomic E-state index is -6.13. The van der Waals surface area contributed by atoms with E-state index in [1.807, 2.05) is 22.7 Å². The maximum atomic E-state index is 14.2. The van der Waals surface area contributed by atoms with Crippen LogP contribution in [0.15, 0.2) is 110 Å². The molecule has 6 aromatic rings. The minimum absolute atomic E-state index is 0.0259. The summed E-state index contributed by atoms with van der Waals surface area (Å²) in [6, 6.07) is 0.0735. The molecule has 0 aliphatic rings. The first-order valence-electron chi connectivity index (χ1n) is 19.8. The first kappa shape index (κ1) is 59.7. The van der Waals surface area contributed by atoms with Crippen molar-refractivity contribution >= 4 is 61.8 Å². The zero-order valence-electron chi connectivity index (χ0n) is 36.5. The van der Waals surface area contributed by atoms with E-state index in [9.17, 15) is 105 Å². The van der Waals surface area contributed by atoms with Crippen LogP contribution in [0.4, 0.5) is 105 Å². The second kappa shape index (κ2) is 20.4. The average molecular weight is 1240 g/mol. The molecule has 4 aromatic carbocycles. The standard InChI is InChI=1S/C32H12BF24.C14H14IS2/c34-25(35,36)13-1-14(26(37,38)39)6-21(5-13)33(22-7-15(27(40,41)42)2-16(8-22)28(43,44)45,23-9-17(29(46,47)48)3-18(10-23)30(49,50)51)24-11-19(31(52,53)54)4-20(12-24)32(55,56)57;1-9(2)11-5-7-13(16-11)15-14-8-6-12(17-14)10(3)4/h1-12H;5-8H,1,3H2,2,4H3/q-1;+1. The van der Waals surface area contributed by atoms with Gasteiger partial charge in [-0.3, -0.25) is 0 Å². The number of hydrogen-bond acceptors (Lipinski definition) is 2. The third-order valence-electron chi connectivity index (χ3n) is 10.6. The molecule has 0 saturated carbocycles. The van der Waals surface area contributed by atoms with Crippen LogP contribution in [-0.4, -0.2) is 6.15 Å². The molecule has 0 saturated heterocycles. The van der Waals surface area contributed by atoms with Gasteiger partial charge in [-0.2, -0.15) is 127 Å². The highest BCUT2D eigenvalue weighted by Gasteiger charge is 2.47. The van der Waals surface area contributed by atoms with Crippen molar-refractivity contribution in [3.8, 4) is 0 Å². The molecule has 0 N–H and O–H groups in total. The lowest BCUT2D eigenvalue weighted by Crippen LogP contribution is -3.61. The molecule has 6 rings (SSSR count). The summed E-state index contributed by atoms with van der Waals surface area (Å²) in [5.41, 5.74) is -27.9. The maximum absolute atomic E-state index is 14.2. The summed E-state index contributed by atoms with van der Waals surface area (Å²) in [7, 11) is 0. The predicted molar refractivity (Wildman–Crippen MR) is 226 cm³/mol. The van der Waals surface area contributed by atoms with Crippen LogP contribution in [-0.2, 0) is 49.4 Å². The van der Waals surface area contributed by atoms with Crippen molar-refractivity contribution in [2.24, 2.45) is 0 Å². The fourth-order valence-electron chi connectivity index (χ4n) is 7.35. The Kier molecular flexibility index (Phi) is 16.5. The van der Waals surface area contributed by atoms with Crippen LogP contribution in [0.2, 0.25) is 0 Å². The zero-order chi connectivity index (χ0) is 56.3.